The van der Waals surface area contributed by atoms with E-state index in [0.29, 0.717) is 43.5 Å². The lowest BCUT2D eigenvalue weighted by Gasteiger charge is -2.15. The van der Waals surface area contributed by atoms with Gasteiger partial charge in [0.15, 0.2) is 11.5 Å². The maximum atomic E-state index is 13.0. The number of rotatable bonds is 8. The summed E-state index contributed by atoms with van der Waals surface area (Å²) >= 11 is 8.97. The quantitative estimate of drug-likeness (QED) is 0.113. The van der Waals surface area contributed by atoms with E-state index in [9.17, 15) is 19.7 Å². The number of anilines is 1. The van der Waals surface area contributed by atoms with Crippen molar-refractivity contribution in [1.82, 2.24) is 0 Å². The van der Waals surface area contributed by atoms with E-state index in [-0.39, 0.29) is 17.2 Å². The summed E-state index contributed by atoms with van der Waals surface area (Å²) in [5.74, 6) is 0.495. The standard InChI is InChI=1S/C25H18ClIN2O6S/c1-2-34-21-11-16(10-20(27)23(21)35-14-15-5-3-8-19(9-15)29(32)33)12-22-24(30)28(25(31)36-22)18-7-4-6-17(26)13-18/h3-13H,2,14H2,1H3/b22-12+. The number of hydrogen-bond donors (Lipinski definition) is 0. The lowest BCUT2D eigenvalue weighted by molar-refractivity contribution is -0.384. The summed E-state index contributed by atoms with van der Waals surface area (Å²) in [6.07, 6.45) is 1.63. The minimum atomic E-state index is -0.457. The molecule has 8 nitrogen and oxygen atoms in total. The number of carbonyl (C=O) groups is 2. The van der Waals surface area contributed by atoms with E-state index >= 15 is 0 Å². The number of benzene rings is 3. The Labute approximate surface area is 229 Å². The van der Waals surface area contributed by atoms with E-state index in [2.05, 4.69) is 22.6 Å². The van der Waals surface area contributed by atoms with Crippen molar-refractivity contribution < 1.29 is 24.0 Å². The van der Waals surface area contributed by atoms with Crippen molar-refractivity contribution in [3.8, 4) is 11.5 Å². The van der Waals surface area contributed by atoms with E-state index in [1.165, 1.54) is 12.1 Å². The third-order valence-corrected chi connectivity index (χ3v) is 6.90. The van der Waals surface area contributed by atoms with Gasteiger partial charge < -0.3 is 9.47 Å². The molecule has 2 amide bonds. The molecule has 0 spiro atoms. The molecule has 0 radical (unpaired) electrons. The minimum Gasteiger partial charge on any atom is -0.490 e. The third-order valence-electron chi connectivity index (χ3n) is 4.99. The van der Waals surface area contributed by atoms with Crippen LogP contribution in [0.3, 0.4) is 0 Å². The molecule has 3 aromatic rings. The summed E-state index contributed by atoms with van der Waals surface area (Å²) in [7, 11) is 0. The Kier molecular flexibility index (Phi) is 8.17. The number of carbonyl (C=O) groups excluding carboxylic acids is 2. The van der Waals surface area contributed by atoms with Crippen LogP contribution in [0, 0.1) is 13.7 Å². The zero-order valence-electron chi connectivity index (χ0n) is 18.8. The van der Waals surface area contributed by atoms with Crippen molar-refractivity contribution in [2.24, 2.45) is 0 Å². The van der Waals surface area contributed by atoms with Crippen LogP contribution in [0.25, 0.3) is 6.08 Å². The fraction of sp³-hybridized carbons (Fsp3) is 0.120. The number of hydrogen-bond acceptors (Lipinski definition) is 7. The zero-order valence-corrected chi connectivity index (χ0v) is 22.5. The lowest BCUT2D eigenvalue weighted by atomic mass is 10.1. The first-order chi connectivity index (χ1) is 17.3. The van der Waals surface area contributed by atoms with E-state index in [0.717, 1.165) is 16.7 Å². The van der Waals surface area contributed by atoms with Crippen LogP contribution in [0.5, 0.6) is 11.5 Å². The van der Waals surface area contributed by atoms with Gasteiger partial charge in [0.2, 0.25) is 0 Å². The van der Waals surface area contributed by atoms with Crippen LogP contribution >= 0.6 is 46.0 Å². The maximum absolute atomic E-state index is 13.0. The van der Waals surface area contributed by atoms with E-state index in [4.69, 9.17) is 21.1 Å². The van der Waals surface area contributed by atoms with Crippen molar-refractivity contribution in [3.05, 3.63) is 95.4 Å². The number of nitrogens with zero attached hydrogens (tertiary/aromatic N) is 2. The average Bonchev–Trinajstić information content (AvgIpc) is 3.11. The second kappa shape index (κ2) is 11.3. The molecule has 1 heterocycles. The number of nitro benzene ring substituents is 1. The topological polar surface area (TPSA) is 99.0 Å². The van der Waals surface area contributed by atoms with Gasteiger partial charge in [0.05, 0.1) is 25.7 Å². The van der Waals surface area contributed by atoms with Gasteiger partial charge in [-0.3, -0.25) is 19.7 Å². The van der Waals surface area contributed by atoms with Crippen molar-refractivity contribution >= 4 is 74.6 Å². The molecule has 3 aromatic carbocycles. The Hall–Kier alpha value is -3.09. The Morgan fingerprint density at radius 1 is 1.11 bits per heavy atom. The largest absolute Gasteiger partial charge is 0.490 e. The van der Waals surface area contributed by atoms with Crippen LogP contribution in [0.2, 0.25) is 5.02 Å². The zero-order chi connectivity index (χ0) is 25.8. The number of nitro groups is 1. The highest BCUT2D eigenvalue weighted by molar-refractivity contribution is 14.1. The van der Waals surface area contributed by atoms with Crippen molar-refractivity contribution in [2.45, 2.75) is 13.5 Å². The predicted molar refractivity (Wildman–Crippen MR) is 148 cm³/mol. The Morgan fingerprint density at radius 3 is 2.61 bits per heavy atom. The number of non-ortho nitro benzene ring substituents is 1. The monoisotopic (exact) mass is 636 g/mol. The molecular formula is C25H18ClIN2O6S. The second-order valence-corrected chi connectivity index (χ2v) is 10.1. The minimum absolute atomic E-state index is 0.0158. The number of halogens is 2. The summed E-state index contributed by atoms with van der Waals surface area (Å²) in [6.45, 7) is 2.31. The van der Waals surface area contributed by atoms with Crippen LogP contribution in [0.1, 0.15) is 18.1 Å². The molecule has 0 saturated carbocycles. The normalized spacial score (nSPS) is 14.4. The molecule has 0 N–H and O–H groups in total. The molecule has 1 aliphatic heterocycles. The number of amides is 2. The van der Waals surface area contributed by atoms with Gasteiger partial charge in [-0.1, -0.05) is 29.8 Å². The SMILES string of the molecule is CCOc1cc(/C=C2/SC(=O)N(c3cccc(Cl)c3)C2=O)cc(I)c1OCc1cccc([N+](=O)[O-])c1. The summed E-state index contributed by atoms with van der Waals surface area (Å²) in [5.41, 5.74) is 1.68. The summed E-state index contributed by atoms with van der Waals surface area (Å²) in [5, 5.41) is 11.1. The van der Waals surface area contributed by atoms with Gasteiger partial charge >= 0.3 is 0 Å². The highest BCUT2D eigenvalue weighted by Crippen LogP contribution is 2.39. The Balaban J connectivity index is 1.59. The van der Waals surface area contributed by atoms with Gasteiger partial charge in [-0.25, -0.2) is 4.90 Å². The molecule has 0 aliphatic carbocycles. The molecule has 0 bridgehead atoms. The van der Waals surface area contributed by atoms with Crippen molar-refractivity contribution in [3.63, 3.8) is 0 Å². The van der Waals surface area contributed by atoms with E-state index < -0.39 is 16.1 Å². The number of ether oxygens (including phenoxy) is 2. The first-order valence-corrected chi connectivity index (χ1v) is 12.9. The molecule has 36 heavy (non-hydrogen) atoms. The number of thioether (sulfide) groups is 1. The number of imide groups is 1. The summed E-state index contributed by atoms with van der Waals surface area (Å²) < 4.78 is 12.5. The van der Waals surface area contributed by atoms with E-state index in [1.807, 2.05) is 6.92 Å². The van der Waals surface area contributed by atoms with Gasteiger partial charge in [0.25, 0.3) is 16.8 Å². The first kappa shape index (κ1) is 26.0. The maximum Gasteiger partial charge on any atom is 0.298 e. The molecule has 4 rings (SSSR count). The summed E-state index contributed by atoms with van der Waals surface area (Å²) in [4.78, 5) is 37.5. The Bertz CT molecular complexity index is 1400. The second-order valence-electron chi connectivity index (χ2n) is 7.48. The van der Waals surface area contributed by atoms with Crippen LogP contribution < -0.4 is 14.4 Å². The lowest BCUT2D eigenvalue weighted by Crippen LogP contribution is -2.27. The highest BCUT2D eigenvalue weighted by Gasteiger charge is 2.36. The van der Waals surface area contributed by atoms with Gasteiger partial charge in [-0.15, -0.1) is 0 Å². The van der Waals surface area contributed by atoms with Gasteiger partial charge in [-0.2, -0.15) is 0 Å². The van der Waals surface area contributed by atoms with Crippen LogP contribution in [0.15, 0.2) is 65.6 Å². The van der Waals surface area contributed by atoms with Gasteiger partial charge in [0.1, 0.15) is 6.61 Å². The average molecular weight is 637 g/mol. The molecule has 0 atom stereocenters. The highest BCUT2D eigenvalue weighted by atomic mass is 127. The van der Waals surface area contributed by atoms with Crippen molar-refractivity contribution in [1.29, 1.82) is 0 Å². The molecule has 1 fully saturated rings. The van der Waals surface area contributed by atoms with Gasteiger partial charge in [-0.05, 0) is 88.8 Å². The fourth-order valence-electron chi connectivity index (χ4n) is 3.45. The predicted octanol–water partition coefficient (Wildman–Crippen LogP) is 7.07. The van der Waals surface area contributed by atoms with Crippen LogP contribution in [-0.4, -0.2) is 22.7 Å². The Morgan fingerprint density at radius 2 is 1.89 bits per heavy atom. The molecule has 1 saturated heterocycles. The molecule has 184 valence electrons. The molecule has 0 aromatic heterocycles. The molecule has 0 unspecified atom stereocenters. The fourth-order valence-corrected chi connectivity index (χ4v) is 5.25. The third kappa shape index (κ3) is 5.82. The van der Waals surface area contributed by atoms with Gasteiger partial charge in [0, 0.05) is 17.2 Å². The first-order valence-electron chi connectivity index (χ1n) is 10.6. The molecule has 1 aliphatic rings. The van der Waals surface area contributed by atoms with Crippen molar-refractivity contribution in [2.75, 3.05) is 11.5 Å². The molecular weight excluding hydrogens is 619 g/mol. The summed E-state index contributed by atoms with van der Waals surface area (Å²) in [6, 6.07) is 16.3. The smallest absolute Gasteiger partial charge is 0.298 e. The van der Waals surface area contributed by atoms with Crippen LogP contribution in [0.4, 0.5) is 16.2 Å². The van der Waals surface area contributed by atoms with Crippen LogP contribution in [-0.2, 0) is 11.4 Å². The molecule has 11 heteroatoms. The van der Waals surface area contributed by atoms with E-state index in [1.54, 1.807) is 54.6 Å².